The first-order chi connectivity index (χ1) is 28.3. The van der Waals surface area contributed by atoms with E-state index in [1.807, 2.05) is 24.5 Å². The maximum absolute atomic E-state index is 4.95. The van der Waals surface area contributed by atoms with Crippen LogP contribution in [0, 0.1) is 0 Å². The Balaban J connectivity index is 1.21. The highest BCUT2D eigenvalue weighted by Crippen LogP contribution is 2.52. The van der Waals surface area contributed by atoms with Crippen molar-refractivity contribution in [2.75, 3.05) is 4.90 Å². The quantitative estimate of drug-likeness (QED) is 0.122. The van der Waals surface area contributed by atoms with Crippen LogP contribution in [0.25, 0.3) is 43.4 Å². The molecule has 264 valence electrons. The Morgan fingerprint density at radius 2 is 0.930 bits per heavy atom. The minimum Gasteiger partial charge on any atom is -0.309 e. The Kier molecular flexibility index (Phi) is 8.03. The molecule has 0 amide bonds. The van der Waals surface area contributed by atoms with Gasteiger partial charge in [-0.15, -0.1) is 0 Å². The van der Waals surface area contributed by atoms with Crippen LogP contribution >= 0.6 is 0 Å². The summed E-state index contributed by atoms with van der Waals surface area (Å²) >= 11 is 0. The van der Waals surface area contributed by atoms with E-state index in [0.717, 1.165) is 22.6 Å². The van der Waals surface area contributed by atoms with Crippen molar-refractivity contribution in [3.05, 3.63) is 213 Å². The summed E-state index contributed by atoms with van der Waals surface area (Å²) in [6, 6.07) is 72.6. The molecule has 0 saturated heterocycles. The predicted octanol–water partition coefficient (Wildman–Crippen LogP) is 8.42. The van der Waals surface area contributed by atoms with Crippen LogP contribution in [-0.4, -0.2) is 23.4 Å². The number of fused-ring (bicyclic) bond motifs is 6. The van der Waals surface area contributed by atoms with Gasteiger partial charge in [0.2, 0.25) is 0 Å². The molecule has 10 aromatic rings. The molecule has 8 aromatic carbocycles. The molecular formula is C52H35B2N3. The summed E-state index contributed by atoms with van der Waals surface area (Å²) in [6.07, 6.45) is 3.81. The lowest BCUT2D eigenvalue weighted by Crippen LogP contribution is -2.53. The van der Waals surface area contributed by atoms with Crippen LogP contribution in [0.3, 0.4) is 0 Å². The van der Waals surface area contributed by atoms with Gasteiger partial charge in [-0.2, -0.15) is 0 Å². The molecule has 1 aliphatic rings. The lowest BCUT2D eigenvalue weighted by atomic mass is 9.37. The van der Waals surface area contributed by atoms with E-state index in [1.165, 1.54) is 71.0 Å². The van der Waals surface area contributed by atoms with Crippen molar-refractivity contribution < 1.29 is 0 Å². The number of anilines is 3. The minimum atomic E-state index is -0.0378. The summed E-state index contributed by atoms with van der Waals surface area (Å²) in [5.41, 5.74) is 12.9. The number of para-hydroxylation sites is 1. The Labute approximate surface area is 333 Å². The van der Waals surface area contributed by atoms with Crippen LogP contribution in [0.2, 0.25) is 0 Å². The molecule has 0 spiro atoms. The molecule has 0 N–H and O–H groups in total. The third-order valence-electron chi connectivity index (χ3n) is 11.7. The molecule has 57 heavy (non-hydrogen) atoms. The zero-order valence-corrected chi connectivity index (χ0v) is 31.2. The summed E-state index contributed by atoms with van der Waals surface area (Å²) in [5, 5.41) is 7.48. The fourth-order valence-electron chi connectivity index (χ4n) is 9.26. The second kappa shape index (κ2) is 13.8. The highest BCUT2D eigenvalue weighted by Gasteiger charge is 2.32. The van der Waals surface area contributed by atoms with Crippen LogP contribution in [0.5, 0.6) is 0 Å². The van der Waals surface area contributed by atoms with Gasteiger partial charge in [-0.1, -0.05) is 167 Å². The number of benzene rings is 8. The van der Waals surface area contributed by atoms with Gasteiger partial charge in [-0.25, -0.2) is 0 Å². The van der Waals surface area contributed by atoms with Crippen molar-refractivity contribution >= 4 is 95.8 Å². The topological polar surface area (TPSA) is 29.0 Å². The van der Waals surface area contributed by atoms with Crippen molar-refractivity contribution in [3.8, 4) is 11.1 Å². The van der Waals surface area contributed by atoms with Gasteiger partial charge in [-0.3, -0.25) is 9.97 Å². The molecule has 0 fully saturated rings. The van der Waals surface area contributed by atoms with Crippen LogP contribution in [0.4, 0.5) is 17.1 Å². The van der Waals surface area contributed by atoms with Gasteiger partial charge < -0.3 is 4.90 Å². The fraction of sp³-hybridized carbons (Fsp3) is 0. The first-order valence-electron chi connectivity index (χ1n) is 19.6. The minimum absolute atomic E-state index is 0.0249. The Hall–Kier alpha value is -7.23. The smallest absolute Gasteiger partial charge is 0.265 e. The van der Waals surface area contributed by atoms with Gasteiger partial charge >= 0.3 is 0 Å². The Morgan fingerprint density at radius 1 is 0.351 bits per heavy atom. The number of aromatic nitrogens is 2. The van der Waals surface area contributed by atoms with E-state index < -0.39 is 0 Å². The summed E-state index contributed by atoms with van der Waals surface area (Å²) in [4.78, 5) is 12.3. The highest BCUT2D eigenvalue weighted by atomic mass is 15.2. The average molecular weight is 723 g/mol. The standard InChI is InChI=1S/C52H35B2N3/c1-4-17-36(18-5-1)53(50-27-12-14-31-55-50)38-29-30-42-46-34-44-40-23-10-11-24-41(40)47(54(37-19-6-2-7-20-37)51-28-13-15-32-56-51)35-45(44)43-25-16-26-48(52(43)46)57(49(42)33-38)39-21-8-3-9-22-39/h1-35H. The zero-order valence-electron chi connectivity index (χ0n) is 31.2. The van der Waals surface area contributed by atoms with Crippen LogP contribution in [0.15, 0.2) is 213 Å². The summed E-state index contributed by atoms with van der Waals surface area (Å²) in [5.74, 6) is 0. The van der Waals surface area contributed by atoms with E-state index in [-0.39, 0.29) is 13.4 Å². The van der Waals surface area contributed by atoms with E-state index in [1.54, 1.807) is 0 Å². The van der Waals surface area contributed by atoms with E-state index >= 15 is 0 Å². The first kappa shape index (κ1) is 33.1. The summed E-state index contributed by atoms with van der Waals surface area (Å²) < 4.78 is 0. The van der Waals surface area contributed by atoms with E-state index in [9.17, 15) is 0 Å². The lowest BCUT2D eigenvalue weighted by molar-refractivity contribution is 1.29. The van der Waals surface area contributed by atoms with Crippen molar-refractivity contribution in [1.82, 2.24) is 9.97 Å². The van der Waals surface area contributed by atoms with Gasteiger partial charge in [0.1, 0.15) is 0 Å². The van der Waals surface area contributed by atoms with Gasteiger partial charge in [0.25, 0.3) is 13.4 Å². The van der Waals surface area contributed by atoms with Crippen LogP contribution in [-0.2, 0) is 0 Å². The molecule has 1 aliphatic heterocycles. The molecule has 0 saturated carbocycles. The average Bonchev–Trinajstić information content (AvgIpc) is 3.28. The molecule has 3 heterocycles. The number of hydrogen-bond donors (Lipinski definition) is 0. The third-order valence-corrected chi connectivity index (χ3v) is 11.7. The molecule has 0 aliphatic carbocycles. The summed E-state index contributed by atoms with van der Waals surface area (Å²) in [6.45, 7) is -0.0627. The molecule has 0 atom stereocenters. The zero-order chi connectivity index (χ0) is 37.7. The van der Waals surface area contributed by atoms with Crippen LogP contribution in [0.1, 0.15) is 0 Å². The van der Waals surface area contributed by atoms with E-state index in [0.29, 0.717) is 0 Å². The number of rotatable bonds is 7. The largest absolute Gasteiger partial charge is 0.309 e. The van der Waals surface area contributed by atoms with E-state index in [2.05, 4.69) is 193 Å². The van der Waals surface area contributed by atoms with Gasteiger partial charge in [0.05, 0.1) is 11.4 Å². The van der Waals surface area contributed by atoms with Gasteiger partial charge in [-0.05, 0) is 87.1 Å². The molecular weight excluding hydrogens is 688 g/mol. The van der Waals surface area contributed by atoms with E-state index in [4.69, 9.17) is 9.97 Å². The number of pyridine rings is 2. The molecule has 0 radical (unpaired) electrons. The van der Waals surface area contributed by atoms with Gasteiger partial charge in [0, 0.05) is 40.2 Å². The SMILES string of the molecule is c1ccc(B(c2ccc3c(c2)N(c2ccccc2)c2cccc4c2c-3cc2c3ccccc3c(B(c3ccccc3)c3ccccn3)cc42)c2ccccn2)cc1. The molecule has 11 rings (SSSR count). The first-order valence-corrected chi connectivity index (χ1v) is 19.6. The highest BCUT2D eigenvalue weighted by molar-refractivity contribution is 6.96. The normalized spacial score (nSPS) is 11.8. The van der Waals surface area contributed by atoms with Gasteiger partial charge in [0.15, 0.2) is 0 Å². The summed E-state index contributed by atoms with van der Waals surface area (Å²) in [7, 11) is 0. The maximum atomic E-state index is 4.95. The predicted molar refractivity (Wildman–Crippen MR) is 243 cm³/mol. The number of nitrogens with zero attached hydrogens (tertiary/aromatic N) is 3. The Morgan fingerprint density at radius 3 is 1.61 bits per heavy atom. The molecule has 5 heteroatoms. The second-order valence-electron chi connectivity index (χ2n) is 14.9. The monoisotopic (exact) mass is 723 g/mol. The number of hydrogen-bond acceptors (Lipinski definition) is 3. The molecule has 2 aromatic heterocycles. The lowest BCUT2D eigenvalue weighted by Gasteiger charge is -2.35. The van der Waals surface area contributed by atoms with Crippen molar-refractivity contribution in [2.45, 2.75) is 0 Å². The Bertz CT molecular complexity index is 2990. The molecule has 0 bridgehead atoms. The third kappa shape index (κ3) is 5.54. The molecule has 3 nitrogen and oxygen atoms in total. The van der Waals surface area contributed by atoms with Crippen molar-refractivity contribution in [3.63, 3.8) is 0 Å². The van der Waals surface area contributed by atoms with Crippen LogP contribution < -0.4 is 37.9 Å². The van der Waals surface area contributed by atoms with Crippen molar-refractivity contribution in [2.24, 2.45) is 0 Å². The van der Waals surface area contributed by atoms with Crippen molar-refractivity contribution in [1.29, 1.82) is 0 Å². The second-order valence-corrected chi connectivity index (χ2v) is 14.9. The maximum Gasteiger partial charge on any atom is 0.265 e. The fourth-order valence-corrected chi connectivity index (χ4v) is 9.26. The molecule has 0 unspecified atom stereocenters.